The van der Waals surface area contributed by atoms with Crippen molar-refractivity contribution in [2.75, 3.05) is 13.2 Å². The van der Waals surface area contributed by atoms with Gasteiger partial charge in [-0.3, -0.25) is 0 Å². The van der Waals surface area contributed by atoms with Crippen molar-refractivity contribution in [3.05, 3.63) is 33.8 Å². The highest BCUT2D eigenvalue weighted by atomic mass is 79.9. The largest absolute Gasteiger partial charge is 0.388 e. The van der Waals surface area contributed by atoms with Crippen LogP contribution in [0.25, 0.3) is 0 Å². The molecule has 16 heavy (non-hydrogen) atoms. The number of benzene rings is 1. The van der Waals surface area contributed by atoms with E-state index >= 15 is 0 Å². The molecule has 0 aromatic heterocycles. The van der Waals surface area contributed by atoms with Gasteiger partial charge in [0.1, 0.15) is 0 Å². The molecule has 1 saturated heterocycles. The minimum Gasteiger partial charge on any atom is -0.388 e. The minimum atomic E-state index is -0.395. The van der Waals surface area contributed by atoms with E-state index in [0.29, 0.717) is 6.61 Å². The molecule has 1 aromatic carbocycles. The lowest BCUT2D eigenvalue weighted by Crippen LogP contribution is -2.24. The number of halogens is 1. The number of ether oxygens (including phenoxy) is 1. The van der Waals surface area contributed by atoms with Gasteiger partial charge in [-0.05, 0) is 43.0 Å². The Morgan fingerprint density at radius 1 is 1.50 bits per heavy atom. The summed E-state index contributed by atoms with van der Waals surface area (Å²) in [6.07, 6.45) is 1.71. The molecule has 1 fully saturated rings. The minimum absolute atomic E-state index is 0.244. The molecular weight excluding hydrogens is 268 g/mol. The van der Waals surface area contributed by atoms with Crippen molar-refractivity contribution in [3.63, 3.8) is 0 Å². The molecule has 1 aromatic rings. The Bertz CT molecular complexity index is 359. The van der Waals surface area contributed by atoms with Crippen LogP contribution in [0, 0.1) is 12.8 Å². The Morgan fingerprint density at radius 3 is 2.94 bits per heavy atom. The van der Waals surface area contributed by atoms with E-state index in [1.807, 2.05) is 25.1 Å². The standard InChI is InChI=1S/C13H17BrO2/c1-9-7-11(14)4-5-12(9)13(15)10-3-2-6-16-8-10/h4-5,7,10,13,15H,2-3,6,8H2,1H3. The van der Waals surface area contributed by atoms with Gasteiger partial charge < -0.3 is 9.84 Å². The molecular formula is C13H17BrO2. The van der Waals surface area contributed by atoms with Crippen LogP contribution >= 0.6 is 15.9 Å². The van der Waals surface area contributed by atoms with E-state index in [1.54, 1.807) is 0 Å². The van der Waals surface area contributed by atoms with Crippen molar-refractivity contribution in [2.45, 2.75) is 25.9 Å². The first-order chi connectivity index (χ1) is 7.68. The second-order valence-electron chi connectivity index (χ2n) is 4.42. The molecule has 1 heterocycles. The molecule has 0 amide bonds. The monoisotopic (exact) mass is 284 g/mol. The fourth-order valence-corrected chi connectivity index (χ4v) is 2.72. The molecule has 2 atom stereocenters. The van der Waals surface area contributed by atoms with Crippen molar-refractivity contribution in [1.29, 1.82) is 0 Å². The Kier molecular flexibility index (Phi) is 4.00. The van der Waals surface area contributed by atoms with E-state index in [9.17, 15) is 5.11 Å². The first kappa shape index (κ1) is 12.1. The van der Waals surface area contributed by atoms with E-state index in [0.717, 1.165) is 35.0 Å². The van der Waals surface area contributed by atoms with Crippen LogP contribution in [0.2, 0.25) is 0 Å². The van der Waals surface area contributed by atoms with Gasteiger partial charge in [-0.1, -0.05) is 22.0 Å². The predicted octanol–water partition coefficient (Wildman–Crippen LogP) is 3.22. The zero-order chi connectivity index (χ0) is 11.5. The van der Waals surface area contributed by atoms with Gasteiger partial charge in [-0.25, -0.2) is 0 Å². The lowest BCUT2D eigenvalue weighted by Gasteiger charge is -2.27. The topological polar surface area (TPSA) is 29.5 Å². The Morgan fingerprint density at radius 2 is 2.31 bits per heavy atom. The predicted molar refractivity (Wildman–Crippen MR) is 67.4 cm³/mol. The molecule has 2 rings (SSSR count). The number of aliphatic hydroxyl groups is 1. The second kappa shape index (κ2) is 5.30. The molecule has 0 bridgehead atoms. The van der Waals surface area contributed by atoms with Gasteiger partial charge in [-0.2, -0.15) is 0 Å². The molecule has 2 unspecified atom stereocenters. The average Bonchev–Trinajstić information content (AvgIpc) is 2.29. The molecule has 88 valence electrons. The van der Waals surface area contributed by atoms with Gasteiger partial charge in [0.25, 0.3) is 0 Å². The Balaban J connectivity index is 2.15. The highest BCUT2D eigenvalue weighted by Gasteiger charge is 2.24. The van der Waals surface area contributed by atoms with E-state index in [-0.39, 0.29) is 5.92 Å². The van der Waals surface area contributed by atoms with Gasteiger partial charge in [0, 0.05) is 17.0 Å². The molecule has 2 nitrogen and oxygen atoms in total. The van der Waals surface area contributed by atoms with Crippen molar-refractivity contribution < 1.29 is 9.84 Å². The summed E-state index contributed by atoms with van der Waals surface area (Å²) in [6.45, 7) is 3.55. The lowest BCUT2D eigenvalue weighted by molar-refractivity contribution is -0.0102. The normalized spacial score (nSPS) is 23.1. The summed E-state index contributed by atoms with van der Waals surface area (Å²) in [5, 5.41) is 10.3. The van der Waals surface area contributed by atoms with Gasteiger partial charge in [0.2, 0.25) is 0 Å². The van der Waals surface area contributed by atoms with Crippen molar-refractivity contribution in [2.24, 2.45) is 5.92 Å². The molecule has 1 aliphatic heterocycles. The third-order valence-corrected chi connectivity index (χ3v) is 3.69. The van der Waals surface area contributed by atoms with E-state index < -0.39 is 6.10 Å². The molecule has 1 N–H and O–H groups in total. The molecule has 0 aliphatic carbocycles. The maximum absolute atomic E-state index is 10.3. The quantitative estimate of drug-likeness (QED) is 0.904. The molecule has 1 aliphatic rings. The SMILES string of the molecule is Cc1cc(Br)ccc1C(O)C1CCCOC1. The van der Waals surface area contributed by atoms with Crippen molar-refractivity contribution in [3.8, 4) is 0 Å². The first-order valence-corrected chi connectivity index (χ1v) is 6.49. The van der Waals surface area contributed by atoms with Crippen molar-refractivity contribution in [1.82, 2.24) is 0 Å². The molecule has 3 heteroatoms. The second-order valence-corrected chi connectivity index (χ2v) is 5.34. The first-order valence-electron chi connectivity index (χ1n) is 5.70. The maximum atomic E-state index is 10.3. The van der Waals surface area contributed by atoms with E-state index in [4.69, 9.17) is 4.74 Å². The summed E-state index contributed by atoms with van der Waals surface area (Å²) in [5.41, 5.74) is 2.16. The summed E-state index contributed by atoms with van der Waals surface area (Å²) in [4.78, 5) is 0. The molecule has 0 saturated carbocycles. The number of aryl methyl sites for hydroxylation is 1. The Labute approximate surface area is 105 Å². The third-order valence-electron chi connectivity index (χ3n) is 3.19. The summed E-state index contributed by atoms with van der Waals surface area (Å²) in [6, 6.07) is 6.02. The van der Waals surface area contributed by atoms with Crippen LogP contribution in [0.1, 0.15) is 30.1 Å². The summed E-state index contributed by atoms with van der Waals surface area (Å²) in [7, 11) is 0. The summed E-state index contributed by atoms with van der Waals surface area (Å²) >= 11 is 3.44. The maximum Gasteiger partial charge on any atom is 0.0842 e. The van der Waals surface area contributed by atoms with E-state index in [1.165, 1.54) is 0 Å². The fraction of sp³-hybridized carbons (Fsp3) is 0.538. The number of hydrogen-bond acceptors (Lipinski definition) is 2. The van der Waals surface area contributed by atoms with Gasteiger partial charge in [0.05, 0.1) is 12.7 Å². The van der Waals surface area contributed by atoms with Crippen LogP contribution in [0.5, 0.6) is 0 Å². The molecule has 0 radical (unpaired) electrons. The van der Waals surface area contributed by atoms with Crippen molar-refractivity contribution >= 4 is 15.9 Å². The highest BCUT2D eigenvalue weighted by Crippen LogP contribution is 2.31. The zero-order valence-corrected chi connectivity index (χ0v) is 11.0. The fourth-order valence-electron chi connectivity index (χ4n) is 2.24. The Hall–Kier alpha value is -0.380. The molecule has 0 spiro atoms. The summed E-state index contributed by atoms with van der Waals surface area (Å²) in [5.74, 6) is 0.244. The van der Waals surface area contributed by atoms with Gasteiger partial charge in [0.15, 0.2) is 0 Å². The van der Waals surface area contributed by atoms with Gasteiger partial charge >= 0.3 is 0 Å². The van der Waals surface area contributed by atoms with Crippen LogP contribution < -0.4 is 0 Å². The van der Waals surface area contributed by atoms with E-state index in [2.05, 4.69) is 15.9 Å². The van der Waals surface area contributed by atoms with Crippen LogP contribution in [0.3, 0.4) is 0 Å². The summed E-state index contributed by atoms with van der Waals surface area (Å²) < 4.78 is 6.48. The van der Waals surface area contributed by atoms with Crippen LogP contribution in [-0.4, -0.2) is 18.3 Å². The highest BCUT2D eigenvalue weighted by molar-refractivity contribution is 9.10. The number of aliphatic hydroxyl groups excluding tert-OH is 1. The van der Waals surface area contributed by atoms with Gasteiger partial charge in [-0.15, -0.1) is 0 Å². The van der Waals surface area contributed by atoms with Crippen LogP contribution in [0.15, 0.2) is 22.7 Å². The van der Waals surface area contributed by atoms with Crippen LogP contribution in [-0.2, 0) is 4.74 Å². The zero-order valence-electron chi connectivity index (χ0n) is 9.45. The lowest BCUT2D eigenvalue weighted by atomic mass is 9.89. The number of rotatable bonds is 2. The smallest absolute Gasteiger partial charge is 0.0842 e. The number of hydrogen-bond donors (Lipinski definition) is 1. The van der Waals surface area contributed by atoms with Crippen LogP contribution in [0.4, 0.5) is 0 Å². The average molecular weight is 285 g/mol. The third kappa shape index (κ3) is 2.65.